The second-order valence-electron chi connectivity index (χ2n) is 6.86. The number of carbonyl (C=O) groups is 1. The summed E-state index contributed by atoms with van der Waals surface area (Å²) >= 11 is 0. The number of hydrogen-bond acceptors (Lipinski definition) is 4. The van der Waals surface area contributed by atoms with Crippen LogP contribution in [-0.2, 0) is 4.79 Å². The highest BCUT2D eigenvalue weighted by atomic mass is 16.3. The number of β-amino-alcohol motifs (C(OH)–C–C–N with tert-alkyl or cyclic N) is 1. The van der Waals surface area contributed by atoms with Crippen molar-refractivity contribution in [2.45, 2.75) is 58.2 Å². The maximum absolute atomic E-state index is 12.5. The van der Waals surface area contributed by atoms with E-state index in [4.69, 9.17) is 0 Å². The summed E-state index contributed by atoms with van der Waals surface area (Å²) in [5, 5.41) is 9.52. The zero-order chi connectivity index (χ0) is 15.4. The topological polar surface area (TPSA) is 47.0 Å². The first-order valence-corrected chi connectivity index (χ1v) is 8.41. The molecule has 2 aliphatic rings. The highest BCUT2D eigenvalue weighted by Gasteiger charge is 2.28. The van der Waals surface area contributed by atoms with Crippen molar-refractivity contribution in [2.24, 2.45) is 0 Å². The first-order valence-electron chi connectivity index (χ1n) is 8.41. The fraction of sp³-hybridized carbons (Fsp3) is 0.938. The zero-order valence-electron chi connectivity index (χ0n) is 13.8. The third-order valence-electron chi connectivity index (χ3n) is 4.83. The number of aliphatic hydroxyl groups excluding tert-OH is 1. The molecule has 5 heteroatoms. The van der Waals surface area contributed by atoms with Crippen molar-refractivity contribution in [2.75, 3.05) is 39.3 Å². The van der Waals surface area contributed by atoms with Crippen molar-refractivity contribution in [3.8, 4) is 0 Å². The maximum Gasteiger partial charge on any atom is 0.236 e. The molecule has 0 saturated carbocycles. The predicted molar refractivity (Wildman–Crippen MR) is 84.2 cm³/mol. The van der Waals surface area contributed by atoms with Gasteiger partial charge in [0.15, 0.2) is 0 Å². The number of amides is 1. The van der Waals surface area contributed by atoms with Gasteiger partial charge in [0.1, 0.15) is 0 Å². The van der Waals surface area contributed by atoms with E-state index < -0.39 is 0 Å². The fourth-order valence-corrected chi connectivity index (χ4v) is 3.58. The first-order chi connectivity index (χ1) is 9.97. The lowest BCUT2D eigenvalue weighted by Gasteiger charge is -2.41. The van der Waals surface area contributed by atoms with Crippen LogP contribution in [0.15, 0.2) is 0 Å². The molecule has 1 N–H and O–H groups in total. The van der Waals surface area contributed by atoms with Crippen LogP contribution >= 0.6 is 0 Å². The molecule has 5 nitrogen and oxygen atoms in total. The molecule has 0 aliphatic carbocycles. The smallest absolute Gasteiger partial charge is 0.236 e. The molecule has 0 spiro atoms. The lowest BCUT2D eigenvalue weighted by molar-refractivity contribution is -0.136. The zero-order valence-corrected chi connectivity index (χ0v) is 13.8. The van der Waals surface area contributed by atoms with Gasteiger partial charge >= 0.3 is 0 Å². The minimum absolute atomic E-state index is 0.283. The van der Waals surface area contributed by atoms with Gasteiger partial charge in [-0.2, -0.15) is 0 Å². The number of aliphatic hydroxyl groups is 1. The van der Waals surface area contributed by atoms with E-state index in [1.165, 1.54) is 6.42 Å². The van der Waals surface area contributed by atoms with E-state index in [0.717, 1.165) is 45.6 Å². The molecule has 3 atom stereocenters. The van der Waals surface area contributed by atoms with Gasteiger partial charge in [0.05, 0.1) is 12.6 Å². The Bertz CT molecular complexity index is 348. The molecule has 0 aromatic rings. The number of hydrogen-bond donors (Lipinski definition) is 1. The minimum atomic E-state index is -0.283. The molecular weight excluding hydrogens is 266 g/mol. The summed E-state index contributed by atoms with van der Waals surface area (Å²) in [6, 6.07) is 0.806. The molecule has 21 heavy (non-hydrogen) atoms. The second kappa shape index (κ2) is 7.56. The summed E-state index contributed by atoms with van der Waals surface area (Å²) in [6.45, 7) is 11.2. The Kier molecular flexibility index (Phi) is 6.02. The summed E-state index contributed by atoms with van der Waals surface area (Å²) in [4.78, 5) is 19.1. The lowest BCUT2D eigenvalue weighted by atomic mass is 10.0. The van der Waals surface area contributed by atoms with Crippen LogP contribution in [0.4, 0.5) is 0 Å². The van der Waals surface area contributed by atoms with Crippen LogP contribution in [-0.4, -0.2) is 83.2 Å². The van der Waals surface area contributed by atoms with E-state index in [-0.39, 0.29) is 6.10 Å². The number of carbonyl (C=O) groups excluding carboxylic acids is 1. The van der Waals surface area contributed by atoms with Gasteiger partial charge in [0.2, 0.25) is 5.91 Å². The number of piperazine rings is 1. The normalized spacial score (nSPS) is 30.4. The van der Waals surface area contributed by atoms with Crippen LogP contribution in [0.2, 0.25) is 0 Å². The second-order valence-corrected chi connectivity index (χ2v) is 6.86. The largest absolute Gasteiger partial charge is 0.392 e. The molecule has 0 radical (unpaired) electrons. The summed E-state index contributed by atoms with van der Waals surface area (Å²) in [5.74, 6) is 0.290. The van der Waals surface area contributed by atoms with Crippen LogP contribution in [0, 0.1) is 0 Å². The molecule has 0 bridgehead atoms. The van der Waals surface area contributed by atoms with Crippen LogP contribution in [0.25, 0.3) is 0 Å². The van der Waals surface area contributed by atoms with E-state index in [9.17, 15) is 9.90 Å². The van der Waals surface area contributed by atoms with Gasteiger partial charge in [-0.3, -0.25) is 14.6 Å². The average molecular weight is 297 g/mol. The maximum atomic E-state index is 12.5. The summed E-state index contributed by atoms with van der Waals surface area (Å²) in [6.07, 6.45) is 3.26. The number of rotatable bonds is 4. The van der Waals surface area contributed by atoms with Crippen molar-refractivity contribution < 1.29 is 9.90 Å². The van der Waals surface area contributed by atoms with Crippen LogP contribution in [0.5, 0.6) is 0 Å². The van der Waals surface area contributed by atoms with Crippen molar-refractivity contribution in [3.63, 3.8) is 0 Å². The quantitative estimate of drug-likeness (QED) is 0.833. The highest BCUT2D eigenvalue weighted by Crippen LogP contribution is 2.17. The number of nitrogens with zero attached hydrogens (tertiary/aromatic N) is 3. The molecule has 122 valence electrons. The van der Waals surface area contributed by atoms with Crippen molar-refractivity contribution in [3.05, 3.63) is 0 Å². The molecule has 2 saturated heterocycles. The van der Waals surface area contributed by atoms with Gasteiger partial charge in [0.25, 0.3) is 0 Å². The standard InChI is InChI=1S/C16H31N3O2/c1-13-6-4-5-7-19(13)16(21)12-17-8-9-18(11-15(3)20)14(2)10-17/h13-15,20H,4-12H2,1-3H3/t13-,14-,15+/m1/s1. The lowest BCUT2D eigenvalue weighted by Crippen LogP contribution is -2.56. The number of piperidine rings is 1. The number of likely N-dealkylation sites (tertiary alicyclic amines) is 1. The monoisotopic (exact) mass is 297 g/mol. The average Bonchev–Trinajstić information content (AvgIpc) is 2.42. The van der Waals surface area contributed by atoms with Crippen molar-refractivity contribution in [1.82, 2.24) is 14.7 Å². The molecule has 2 rings (SSSR count). The predicted octanol–water partition coefficient (Wildman–Crippen LogP) is 0.774. The van der Waals surface area contributed by atoms with Gasteiger partial charge in [-0.15, -0.1) is 0 Å². The van der Waals surface area contributed by atoms with Gasteiger partial charge < -0.3 is 10.0 Å². The van der Waals surface area contributed by atoms with Crippen LogP contribution in [0.1, 0.15) is 40.0 Å². The van der Waals surface area contributed by atoms with E-state index in [0.29, 0.717) is 24.5 Å². The Hall–Kier alpha value is -0.650. The van der Waals surface area contributed by atoms with Gasteiger partial charge in [-0.25, -0.2) is 0 Å². The van der Waals surface area contributed by atoms with Crippen molar-refractivity contribution >= 4 is 5.91 Å². The molecule has 0 aromatic carbocycles. The Labute approximate surface area is 128 Å². The Morgan fingerprint density at radius 3 is 2.57 bits per heavy atom. The highest BCUT2D eigenvalue weighted by molar-refractivity contribution is 5.78. The molecular formula is C16H31N3O2. The van der Waals surface area contributed by atoms with Gasteiger partial charge in [-0.05, 0) is 40.0 Å². The molecule has 2 heterocycles. The molecule has 1 amide bonds. The van der Waals surface area contributed by atoms with E-state index in [1.54, 1.807) is 0 Å². The van der Waals surface area contributed by atoms with Crippen LogP contribution in [0.3, 0.4) is 0 Å². The Balaban J connectivity index is 1.80. The molecule has 0 aromatic heterocycles. The fourth-order valence-electron chi connectivity index (χ4n) is 3.58. The van der Waals surface area contributed by atoms with E-state index >= 15 is 0 Å². The Morgan fingerprint density at radius 2 is 1.95 bits per heavy atom. The van der Waals surface area contributed by atoms with E-state index in [2.05, 4.69) is 28.5 Å². The SMILES string of the molecule is C[C@H](O)CN1CCN(CC(=O)N2CCCC[C@H]2C)C[C@H]1C. The summed E-state index contributed by atoms with van der Waals surface area (Å²) in [7, 11) is 0. The molecule has 2 fully saturated rings. The van der Waals surface area contributed by atoms with Gasteiger partial charge in [-0.1, -0.05) is 0 Å². The van der Waals surface area contributed by atoms with Crippen LogP contribution < -0.4 is 0 Å². The molecule has 0 unspecified atom stereocenters. The molecule has 2 aliphatic heterocycles. The first kappa shape index (κ1) is 16.7. The summed E-state index contributed by atoms with van der Waals surface area (Å²) < 4.78 is 0. The Morgan fingerprint density at radius 1 is 1.19 bits per heavy atom. The van der Waals surface area contributed by atoms with E-state index in [1.807, 2.05) is 6.92 Å². The van der Waals surface area contributed by atoms with Crippen molar-refractivity contribution in [1.29, 1.82) is 0 Å². The summed E-state index contributed by atoms with van der Waals surface area (Å²) in [5.41, 5.74) is 0. The minimum Gasteiger partial charge on any atom is -0.392 e. The third kappa shape index (κ3) is 4.66. The van der Waals surface area contributed by atoms with Gasteiger partial charge in [0, 0.05) is 44.8 Å². The third-order valence-corrected chi connectivity index (χ3v) is 4.83.